The summed E-state index contributed by atoms with van der Waals surface area (Å²) < 4.78 is 139. The number of pyridine rings is 1. The topological polar surface area (TPSA) is 264 Å². The highest BCUT2D eigenvalue weighted by atomic mass is 127. The number of sulfonamides is 1. The minimum atomic E-state index is -4.19. The number of methoxy groups -OCH3 is 1. The number of ketones is 1. The van der Waals surface area contributed by atoms with Crippen molar-refractivity contribution < 1.29 is 68.8 Å². The molecule has 2 aromatic heterocycles. The summed E-state index contributed by atoms with van der Waals surface area (Å²) in [5, 5.41) is 41.2. The van der Waals surface area contributed by atoms with Crippen molar-refractivity contribution in [3.05, 3.63) is 202 Å². The molecule has 8 aromatic rings. The van der Waals surface area contributed by atoms with E-state index >= 15 is 0 Å². The molecule has 12 rings (SSSR count). The minimum Gasteiger partial charge on any atom is -0.494 e. The lowest BCUT2D eigenvalue weighted by Gasteiger charge is -2.49. The zero-order valence-electron chi connectivity index (χ0n) is 52.9. The van der Waals surface area contributed by atoms with Crippen LogP contribution in [0, 0.1) is 64.3 Å². The first-order valence-electron chi connectivity index (χ1n) is 30.9. The molecule has 1 unspecified atom stereocenters. The molecule has 3 saturated carbocycles. The Bertz CT molecular complexity index is 4770. The number of halogens is 10. The van der Waals surface area contributed by atoms with Crippen molar-refractivity contribution in [2.45, 2.75) is 113 Å². The second-order valence-electron chi connectivity index (χ2n) is 24.6. The smallest absolute Gasteiger partial charge is 0.336 e. The first-order chi connectivity index (χ1) is 46.4. The van der Waals surface area contributed by atoms with Gasteiger partial charge in [0, 0.05) is 77.5 Å². The van der Waals surface area contributed by atoms with Crippen LogP contribution in [0.3, 0.4) is 0 Å². The lowest BCUT2D eigenvalue weighted by molar-refractivity contribution is -0.114. The third kappa shape index (κ3) is 15.6. The molecule has 1 amide bonds. The Kier molecular flexibility index (Phi) is 22.6. The molecule has 6 aromatic carbocycles. The van der Waals surface area contributed by atoms with Crippen LogP contribution in [0.15, 0.2) is 111 Å². The van der Waals surface area contributed by atoms with Gasteiger partial charge in [-0.1, -0.05) is 18.6 Å². The number of benzene rings is 6. The van der Waals surface area contributed by atoms with E-state index in [2.05, 4.69) is 26.0 Å². The van der Waals surface area contributed by atoms with E-state index in [0.29, 0.717) is 41.0 Å². The van der Waals surface area contributed by atoms with Gasteiger partial charge in [0.05, 0.1) is 64.1 Å². The standard InChI is InChI=1S/C26H23FIN5O4.C22H22F3IN2O2.C20H21F3INO5S/c1-13-22-21(23(31(3)24(13)35)30-20-10-7-15(28)11-19(20)27)25(36)33(17-8-9-17)26(37)32(22)18-6-4-5-16(12-18)29-14(2)34;23-15-6-5-14(20(19(15)25)28-17-7-4-13(26)9-16(17)24)21(29)12-10-22(30,11-12)18-3-1-2-8-27-18;1-30-17-8-16(22)18(23)14(6-11-2-3-12(24)7-15(11)21)19(17)25-31(28,29)20(4-5-20)9-13(27)10-26/h4-7,10-12,17,30H,8-9H2,1-3H3,(H,29,34);4-7,9,12,18,27-28,30H,1-3,8,10-11H2;2-3,7-8,13,25-27H,4-6,9-10H2,1H3/t;12?,18-,22?;/m.0./s1. The highest BCUT2D eigenvalue weighted by Gasteiger charge is 2.56. The summed E-state index contributed by atoms with van der Waals surface area (Å²) in [5.74, 6) is -8.13. The van der Waals surface area contributed by atoms with Crippen LogP contribution in [0.25, 0.3) is 16.6 Å². The first kappa shape index (κ1) is 73.7. The summed E-state index contributed by atoms with van der Waals surface area (Å²) in [7, 11) is -1.52. The number of anilines is 6. The Labute approximate surface area is 598 Å². The maximum atomic E-state index is 14.8. The molecule has 19 nitrogen and oxygen atoms in total. The van der Waals surface area contributed by atoms with Gasteiger partial charge in [0.15, 0.2) is 29.1 Å². The number of hydrogen-bond acceptors (Lipinski definition) is 14. The molecule has 520 valence electrons. The van der Waals surface area contributed by atoms with E-state index < -0.39 is 109 Å². The van der Waals surface area contributed by atoms with Gasteiger partial charge in [-0.3, -0.25) is 37.6 Å². The van der Waals surface area contributed by atoms with E-state index in [1.165, 1.54) is 77.2 Å². The van der Waals surface area contributed by atoms with E-state index in [-0.39, 0.29) is 118 Å². The van der Waals surface area contributed by atoms with E-state index in [4.69, 9.17) is 9.84 Å². The fourth-order valence-corrected chi connectivity index (χ4v) is 15.4. The van der Waals surface area contributed by atoms with Crippen LogP contribution in [0.1, 0.15) is 104 Å². The normalized spacial score (nSPS) is 18.1. The molecule has 4 aliphatic rings. The number of nitrogens with zero attached hydrogens (tertiary/aromatic N) is 3. The zero-order chi connectivity index (χ0) is 71.0. The molecule has 3 heterocycles. The summed E-state index contributed by atoms with van der Waals surface area (Å²) >= 11 is 5.84. The Morgan fingerprint density at radius 3 is 1.97 bits per heavy atom. The van der Waals surface area contributed by atoms with Crippen LogP contribution < -0.4 is 47.5 Å². The molecular weight excluding hydrogens is 1650 g/mol. The third-order valence-corrected chi connectivity index (χ3v) is 22.0. The van der Waals surface area contributed by atoms with Crippen LogP contribution in [-0.2, 0) is 28.3 Å². The minimum absolute atomic E-state index is 0.0456. The number of nitrogens with one attached hydrogen (secondary N) is 5. The molecule has 30 heteroatoms. The van der Waals surface area contributed by atoms with Crippen LogP contribution >= 0.6 is 67.8 Å². The summed E-state index contributed by atoms with van der Waals surface area (Å²) in [6.07, 6.45) is 3.38. The number of carbonyl (C=O) groups is 2. The number of ether oxygens (including phenoxy) is 1. The van der Waals surface area contributed by atoms with Crippen molar-refractivity contribution in [3.8, 4) is 11.4 Å². The lowest BCUT2D eigenvalue weighted by Crippen LogP contribution is -2.61. The Morgan fingerprint density at radius 2 is 1.40 bits per heavy atom. The average molecular weight is 1720 g/mol. The molecule has 3 aliphatic carbocycles. The van der Waals surface area contributed by atoms with Gasteiger partial charge < -0.3 is 41.3 Å². The summed E-state index contributed by atoms with van der Waals surface area (Å²) in [6.45, 7) is 3.15. The fraction of sp³-hybridized carbons (Fsp3) is 0.338. The van der Waals surface area contributed by atoms with Gasteiger partial charge in [0.1, 0.15) is 34.4 Å². The van der Waals surface area contributed by atoms with Crippen molar-refractivity contribution in [2.75, 3.05) is 40.9 Å². The number of aromatic nitrogens is 3. The van der Waals surface area contributed by atoms with Crippen LogP contribution in [-0.4, -0.2) is 91.9 Å². The predicted octanol–water partition coefficient (Wildman–Crippen LogP) is 12.2. The van der Waals surface area contributed by atoms with E-state index in [0.717, 1.165) is 31.9 Å². The number of carbonyl (C=O) groups excluding carboxylic acids is 2. The Morgan fingerprint density at radius 1 is 0.765 bits per heavy atom. The van der Waals surface area contributed by atoms with Crippen LogP contribution in [0.4, 0.5) is 65.0 Å². The Balaban J connectivity index is 0.000000160. The second kappa shape index (κ2) is 30.1. The van der Waals surface area contributed by atoms with E-state index in [9.17, 15) is 73.3 Å². The molecule has 1 saturated heterocycles. The molecule has 1 aliphatic heterocycles. The second-order valence-corrected chi connectivity index (χ2v) is 30.5. The van der Waals surface area contributed by atoms with Gasteiger partial charge in [0.25, 0.3) is 11.1 Å². The van der Waals surface area contributed by atoms with Crippen molar-refractivity contribution in [1.82, 2.24) is 19.0 Å². The number of amides is 1. The molecule has 4 fully saturated rings. The molecule has 0 radical (unpaired) electrons. The maximum Gasteiger partial charge on any atom is 0.336 e. The van der Waals surface area contributed by atoms with Crippen LogP contribution in [0.5, 0.6) is 5.75 Å². The van der Waals surface area contributed by atoms with Gasteiger partial charge in [-0.15, -0.1) is 0 Å². The van der Waals surface area contributed by atoms with E-state index in [1.54, 1.807) is 49.4 Å². The molecule has 8 N–H and O–H groups in total. The van der Waals surface area contributed by atoms with Crippen molar-refractivity contribution in [2.24, 2.45) is 13.0 Å². The van der Waals surface area contributed by atoms with Crippen LogP contribution in [0.2, 0.25) is 0 Å². The molecule has 0 spiro atoms. The van der Waals surface area contributed by atoms with Gasteiger partial charge >= 0.3 is 5.69 Å². The van der Waals surface area contributed by atoms with Crippen molar-refractivity contribution >= 4 is 135 Å². The van der Waals surface area contributed by atoms with Crippen molar-refractivity contribution in [1.29, 1.82) is 0 Å². The number of aryl methyl sites for hydroxylation is 1. The van der Waals surface area contributed by atoms with Crippen molar-refractivity contribution in [3.63, 3.8) is 0 Å². The average Bonchev–Trinajstić information content (AvgIpc) is 1.18. The molecule has 2 atom stereocenters. The zero-order valence-corrected chi connectivity index (χ0v) is 60.2. The highest BCUT2D eigenvalue weighted by molar-refractivity contribution is 14.1. The first-order valence-corrected chi connectivity index (χ1v) is 35.6. The van der Waals surface area contributed by atoms with Gasteiger partial charge in [-0.25, -0.2) is 43.9 Å². The maximum absolute atomic E-state index is 14.8. The quantitative estimate of drug-likeness (QED) is 0.0213. The predicted molar refractivity (Wildman–Crippen MR) is 382 cm³/mol. The monoisotopic (exact) mass is 1720 g/mol. The largest absolute Gasteiger partial charge is 0.494 e. The van der Waals surface area contributed by atoms with E-state index in [1.807, 2.05) is 67.8 Å². The summed E-state index contributed by atoms with van der Waals surface area (Å²) in [4.78, 5) is 65.6. The molecule has 0 bridgehead atoms. The number of hydrogen-bond donors (Lipinski definition) is 8. The number of piperidine rings is 1. The number of Topliss-reactive ketones (excluding diaryl/α,β-unsaturated/α-hetero) is 1. The number of rotatable bonds is 19. The Hall–Kier alpha value is -6.96. The van der Waals surface area contributed by atoms with Gasteiger partial charge in [0.2, 0.25) is 15.9 Å². The summed E-state index contributed by atoms with van der Waals surface area (Å²) in [6, 6.07) is 22.2. The van der Waals surface area contributed by atoms with Gasteiger partial charge in [-0.05, 0) is 223 Å². The summed E-state index contributed by atoms with van der Waals surface area (Å²) in [5.41, 5.74) is -2.48. The number of aliphatic hydroxyl groups is 3. The van der Waals surface area contributed by atoms with Gasteiger partial charge in [-0.2, -0.15) is 0 Å². The molecule has 98 heavy (non-hydrogen) atoms. The third-order valence-electron chi connectivity index (χ3n) is 17.8. The lowest BCUT2D eigenvalue weighted by atomic mass is 9.63. The number of fused-ring (bicyclic) bond motifs is 1. The number of aliphatic hydroxyl groups excluding tert-OH is 2. The SMILES string of the molecule is CC(=O)Nc1cccc(-n2c(=O)n(C3CC3)c(=O)c3c(Nc4ccc(I)cc4F)n(C)c(=O)c(C)c32)c1.COc1cc(F)c(F)c(Cc2ccc(I)cc2F)c1NS(=O)(=O)C1(CC(O)CO)CC1.O=C(c1ccc(F)c(F)c1Nc1ccc(I)cc1F)C1CC(O)([C@@H]2CCCCN2)C1. The molecular formula is C68H66F7I3N8O11S. The fourth-order valence-electron chi connectivity index (χ4n) is 12.3. The highest BCUT2D eigenvalue weighted by Crippen LogP contribution is 2.50.